The van der Waals surface area contributed by atoms with Crippen LogP contribution in [-0.4, -0.2) is 23.1 Å². The Morgan fingerprint density at radius 2 is 1.79 bits per heavy atom. The summed E-state index contributed by atoms with van der Waals surface area (Å²) in [6, 6.07) is 23.4. The average Bonchev–Trinajstić information content (AvgIpc) is 3.01. The number of nitrogens with one attached hydrogen (secondary N) is 1. The maximum atomic E-state index is 14.9. The van der Waals surface area contributed by atoms with Gasteiger partial charge in [-0.25, -0.2) is 9.38 Å². The molecular weight excluding hydrogens is 469 g/mol. The van der Waals surface area contributed by atoms with E-state index in [0.717, 1.165) is 21.0 Å². The van der Waals surface area contributed by atoms with Crippen LogP contribution in [0.2, 0.25) is 5.02 Å². The molecule has 1 aliphatic heterocycles. The molecule has 1 amide bonds. The minimum absolute atomic E-state index is 0.195. The molecule has 0 saturated heterocycles. The standard InChI is InChI=1S/C27H19ClFN3OS/c28-18-9-10-20(22(29)16-18)26-21-6-1-2-7-24(21)34-25-11-8-17(15-23(25)32-26)27(33)31-14-12-19-5-3-4-13-30-19/h1-11,13,15-16H,12,14H2,(H,31,33). The first-order valence-electron chi connectivity index (χ1n) is 10.7. The van der Waals surface area contributed by atoms with Crippen LogP contribution in [0.3, 0.4) is 0 Å². The molecule has 7 heteroatoms. The molecule has 1 aromatic heterocycles. The van der Waals surface area contributed by atoms with Crippen LogP contribution in [0.25, 0.3) is 0 Å². The Bertz CT molecular complexity index is 1410. The maximum absolute atomic E-state index is 14.9. The number of amides is 1. The Labute approximate surface area is 205 Å². The summed E-state index contributed by atoms with van der Waals surface area (Å²) in [6.07, 6.45) is 2.37. The van der Waals surface area contributed by atoms with Gasteiger partial charge < -0.3 is 5.32 Å². The van der Waals surface area contributed by atoms with Crippen LogP contribution in [-0.2, 0) is 6.42 Å². The number of nitrogens with zero attached hydrogens (tertiary/aromatic N) is 2. The Morgan fingerprint density at radius 3 is 2.62 bits per heavy atom. The molecule has 2 heterocycles. The molecule has 4 aromatic rings. The van der Waals surface area contributed by atoms with Gasteiger partial charge in [0.05, 0.1) is 11.4 Å². The molecule has 0 aliphatic carbocycles. The summed E-state index contributed by atoms with van der Waals surface area (Å²) in [5.74, 6) is -0.641. The third-order valence-electron chi connectivity index (χ3n) is 5.39. The summed E-state index contributed by atoms with van der Waals surface area (Å²) in [5, 5.41) is 3.26. The number of halogens is 2. The van der Waals surface area contributed by atoms with Crippen LogP contribution in [0.5, 0.6) is 0 Å². The van der Waals surface area contributed by atoms with E-state index in [1.807, 2.05) is 48.5 Å². The topological polar surface area (TPSA) is 54.4 Å². The minimum Gasteiger partial charge on any atom is -0.352 e. The van der Waals surface area contributed by atoms with Crippen molar-refractivity contribution >= 4 is 40.7 Å². The molecule has 0 unspecified atom stereocenters. The number of fused-ring (bicyclic) bond motifs is 2. The summed E-state index contributed by atoms with van der Waals surface area (Å²) >= 11 is 7.52. The molecule has 1 aliphatic rings. The Balaban J connectivity index is 1.47. The van der Waals surface area contributed by atoms with E-state index >= 15 is 0 Å². The summed E-state index contributed by atoms with van der Waals surface area (Å²) in [6.45, 7) is 0.470. The van der Waals surface area contributed by atoms with Crippen LogP contribution in [0.4, 0.5) is 10.1 Å². The first-order valence-corrected chi connectivity index (χ1v) is 11.9. The highest BCUT2D eigenvalue weighted by Crippen LogP contribution is 2.42. The number of aliphatic imine (C=N–C) groups is 1. The van der Waals surface area contributed by atoms with Crippen LogP contribution >= 0.6 is 23.4 Å². The number of hydrogen-bond acceptors (Lipinski definition) is 4. The van der Waals surface area contributed by atoms with E-state index in [4.69, 9.17) is 16.6 Å². The van der Waals surface area contributed by atoms with E-state index in [-0.39, 0.29) is 5.91 Å². The largest absolute Gasteiger partial charge is 0.352 e. The monoisotopic (exact) mass is 487 g/mol. The quantitative estimate of drug-likeness (QED) is 0.308. The lowest BCUT2D eigenvalue weighted by atomic mass is 10.0. The van der Waals surface area contributed by atoms with E-state index < -0.39 is 5.82 Å². The highest BCUT2D eigenvalue weighted by molar-refractivity contribution is 7.99. The lowest BCUT2D eigenvalue weighted by Gasteiger charge is -2.10. The Kier molecular flexibility index (Phi) is 6.43. The lowest BCUT2D eigenvalue weighted by Crippen LogP contribution is -2.25. The molecule has 0 spiro atoms. The van der Waals surface area contributed by atoms with Gasteiger partial charge in [-0.05, 0) is 54.6 Å². The highest BCUT2D eigenvalue weighted by atomic mass is 35.5. The van der Waals surface area contributed by atoms with Crippen LogP contribution < -0.4 is 5.32 Å². The van der Waals surface area contributed by atoms with Crippen LogP contribution in [0.15, 0.2) is 99.8 Å². The molecule has 0 fully saturated rings. The summed E-state index contributed by atoms with van der Waals surface area (Å²) in [4.78, 5) is 23.8. The van der Waals surface area contributed by atoms with E-state index in [1.165, 1.54) is 6.07 Å². The van der Waals surface area contributed by atoms with Gasteiger partial charge in [-0.1, -0.05) is 47.6 Å². The predicted octanol–water partition coefficient (Wildman–Crippen LogP) is 6.48. The summed E-state index contributed by atoms with van der Waals surface area (Å²) in [7, 11) is 0. The predicted molar refractivity (Wildman–Crippen MR) is 134 cm³/mol. The van der Waals surface area contributed by atoms with Crippen LogP contribution in [0, 0.1) is 5.82 Å². The van der Waals surface area contributed by atoms with Gasteiger partial charge in [-0.15, -0.1) is 0 Å². The first-order chi connectivity index (χ1) is 16.6. The van der Waals surface area contributed by atoms with Crippen LogP contribution in [0.1, 0.15) is 27.2 Å². The maximum Gasteiger partial charge on any atom is 0.251 e. The molecule has 1 N–H and O–H groups in total. The van der Waals surface area contributed by atoms with Crippen molar-refractivity contribution in [1.82, 2.24) is 10.3 Å². The number of benzene rings is 3. The number of carbonyl (C=O) groups excluding carboxylic acids is 1. The van der Waals surface area contributed by atoms with E-state index in [1.54, 1.807) is 42.2 Å². The first kappa shape index (κ1) is 22.3. The van der Waals surface area contributed by atoms with Gasteiger partial charge in [0.1, 0.15) is 5.82 Å². The van der Waals surface area contributed by atoms with Gasteiger partial charge in [0.25, 0.3) is 5.91 Å². The third kappa shape index (κ3) is 4.74. The normalized spacial score (nSPS) is 12.2. The SMILES string of the molecule is O=C(NCCc1ccccn1)c1ccc2c(c1)N=C(c1ccc(Cl)cc1F)c1ccccc1S2. The molecule has 4 nitrogen and oxygen atoms in total. The van der Waals surface area contributed by atoms with Gasteiger partial charge in [0.15, 0.2) is 0 Å². The number of pyridine rings is 1. The summed E-state index contributed by atoms with van der Waals surface area (Å²) < 4.78 is 14.9. The fraction of sp³-hybridized carbons (Fsp3) is 0.0741. The molecule has 34 heavy (non-hydrogen) atoms. The smallest absolute Gasteiger partial charge is 0.251 e. The average molecular weight is 488 g/mol. The Morgan fingerprint density at radius 1 is 0.941 bits per heavy atom. The second-order valence-corrected chi connectivity index (χ2v) is 9.21. The van der Waals surface area contributed by atoms with Gasteiger partial charge >= 0.3 is 0 Å². The highest BCUT2D eigenvalue weighted by Gasteiger charge is 2.22. The second kappa shape index (κ2) is 9.79. The molecular formula is C27H19ClFN3OS. The number of aromatic nitrogens is 1. The zero-order chi connectivity index (χ0) is 23.5. The number of hydrogen-bond donors (Lipinski definition) is 1. The van der Waals surface area contributed by atoms with Crippen molar-refractivity contribution in [2.24, 2.45) is 4.99 Å². The van der Waals surface area contributed by atoms with Gasteiger partial charge in [-0.2, -0.15) is 0 Å². The summed E-state index contributed by atoms with van der Waals surface area (Å²) in [5.41, 5.74) is 3.71. The zero-order valence-electron chi connectivity index (χ0n) is 18.0. The van der Waals surface area contributed by atoms with E-state index in [9.17, 15) is 9.18 Å². The van der Waals surface area contributed by atoms with Crippen molar-refractivity contribution in [2.75, 3.05) is 6.54 Å². The van der Waals surface area contributed by atoms with Crippen molar-refractivity contribution in [2.45, 2.75) is 16.2 Å². The van der Waals surface area contributed by atoms with Crippen molar-refractivity contribution in [3.8, 4) is 0 Å². The molecule has 3 aromatic carbocycles. The second-order valence-electron chi connectivity index (χ2n) is 7.69. The van der Waals surface area contributed by atoms with E-state index in [0.29, 0.717) is 40.5 Å². The fourth-order valence-electron chi connectivity index (χ4n) is 3.72. The number of rotatable bonds is 5. The van der Waals surface area contributed by atoms with Crippen molar-refractivity contribution < 1.29 is 9.18 Å². The molecule has 0 radical (unpaired) electrons. The lowest BCUT2D eigenvalue weighted by molar-refractivity contribution is 0.0954. The molecule has 0 atom stereocenters. The van der Waals surface area contributed by atoms with Crippen molar-refractivity contribution in [3.05, 3.63) is 118 Å². The van der Waals surface area contributed by atoms with Gasteiger partial charge in [0, 0.05) is 56.4 Å². The number of carbonyl (C=O) groups is 1. The zero-order valence-corrected chi connectivity index (χ0v) is 19.5. The van der Waals surface area contributed by atoms with E-state index in [2.05, 4.69) is 10.3 Å². The molecule has 0 bridgehead atoms. The Hall–Kier alpha value is -3.48. The molecule has 5 rings (SSSR count). The van der Waals surface area contributed by atoms with Crippen molar-refractivity contribution in [3.63, 3.8) is 0 Å². The van der Waals surface area contributed by atoms with Crippen molar-refractivity contribution in [1.29, 1.82) is 0 Å². The fourth-order valence-corrected chi connectivity index (χ4v) is 4.88. The molecule has 168 valence electrons. The minimum atomic E-state index is -0.446. The third-order valence-corrected chi connectivity index (χ3v) is 6.77. The van der Waals surface area contributed by atoms with Gasteiger partial charge in [0.2, 0.25) is 0 Å². The molecule has 0 saturated carbocycles. The van der Waals surface area contributed by atoms with Gasteiger partial charge in [-0.3, -0.25) is 9.78 Å².